The first-order valence-electron chi connectivity index (χ1n) is 8.74. The molecule has 5 heteroatoms. The first-order valence-corrected chi connectivity index (χ1v) is 8.74. The Hall–Kier alpha value is -1.91. The summed E-state index contributed by atoms with van der Waals surface area (Å²) >= 11 is 0. The third-order valence-electron chi connectivity index (χ3n) is 4.49. The van der Waals surface area contributed by atoms with Gasteiger partial charge in [-0.3, -0.25) is 0 Å². The van der Waals surface area contributed by atoms with Crippen LogP contribution >= 0.6 is 0 Å². The number of carbonyl (C=O) groups excluding carboxylic acids is 1. The van der Waals surface area contributed by atoms with E-state index in [2.05, 4.69) is 23.6 Å². The van der Waals surface area contributed by atoms with Crippen molar-refractivity contribution in [2.24, 2.45) is 0 Å². The van der Waals surface area contributed by atoms with Gasteiger partial charge in [-0.1, -0.05) is 19.8 Å². The van der Waals surface area contributed by atoms with Gasteiger partial charge in [-0.15, -0.1) is 0 Å². The minimum absolute atomic E-state index is 0.0810. The number of hydrogen-bond donors (Lipinski definition) is 2. The molecular weight excluding hydrogens is 292 g/mol. The highest BCUT2D eigenvalue weighted by Crippen LogP contribution is 2.40. The second kappa shape index (κ2) is 7.57. The van der Waals surface area contributed by atoms with E-state index in [0.717, 1.165) is 69.8 Å². The number of ether oxygens (including phenoxy) is 2. The number of nitrogens with one attached hydrogen (secondary N) is 2. The standard InChI is InChI=1S/C18H26N2O3/c1-2-3-4-8-19-18(21)20-9-5-15-14-7-11-22-16(14)12-13-6-10-23-17(13)15/h12H,2-11H2,1H3,(H2,19,20,21). The lowest BCUT2D eigenvalue weighted by atomic mass is 9.97. The van der Waals surface area contributed by atoms with Crippen LogP contribution in [0.5, 0.6) is 11.5 Å². The number of rotatable bonds is 7. The molecule has 0 saturated heterocycles. The van der Waals surface area contributed by atoms with Gasteiger partial charge >= 0.3 is 6.03 Å². The normalized spacial score (nSPS) is 14.7. The van der Waals surface area contributed by atoms with Crippen molar-refractivity contribution in [3.8, 4) is 11.5 Å². The predicted octanol–water partition coefficient (Wildman–Crippen LogP) is 2.59. The molecule has 0 atom stereocenters. The van der Waals surface area contributed by atoms with Crippen LogP contribution < -0.4 is 20.1 Å². The number of fused-ring (bicyclic) bond motifs is 2. The molecule has 0 radical (unpaired) electrons. The molecule has 23 heavy (non-hydrogen) atoms. The zero-order valence-electron chi connectivity index (χ0n) is 13.9. The molecule has 1 aromatic carbocycles. The minimum atomic E-state index is -0.0810. The number of hydrogen-bond acceptors (Lipinski definition) is 3. The molecule has 0 fully saturated rings. The molecule has 126 valence electrons. The fourth-order valence-corrected chi connectivity index (χ4v) is 3.29. The largest absolute Gasteiger partial charge is 0.493 e. The van der Waals surface area contributed by atoms with Crippen LogP contribution in [0.25, 0.3) is 0 Å². The SMILES string of the molecule is CCCCCNC(=O)NCCc1c2c(cc3c1OCC3)OCC2. The van der Waals surface area contributed by atoms with Gasteiger partial charge in [0.05, 0.1) is 13.2 Å². The first-order chi connectivity index (χ1) is 11.3. The summed E-state index contributed by atoms with van der Waals surface area (Å²) < 4.78 is 11.5. The Morgan fingerprint density at radius 3 is 2.83 bits per heavy atom. The summed E-state index contributed by atoms with van der Waals surface area (Å²) in [6, 6.07) is 2.05. The van der Waals surface area contributed by atoms with Gasteiger partial charge in [0.25, 0.3) is 0 Å². The topological polar surface area (TPSA) is 59.6 Å². The van der Waals surface area contributed by atoms with Gasteiger partial charge in [0.2, 0.25) is 0 Å². The maximum Gasteiger partial charge on any atom is 0.314 e. The Labute approximate surface area is 137 Å². The van der Waals surface area contributed by atoms with E-state index < -0.39 is 0 Å². The highest BCUT2D eigenvalue weighted by Gasteiger charge is 2.26. The molecule has 2 aliphatic rings. The van der Waals surface area contributed by atoms with Crippen molar-refractivity contribution in [1.82, 2.24) is 10.6 Å². The van der Waals surface area contributed by atoms with Gasteiger partial charge in [-0.2, -0.15) is 0 Å². The Kier molecular flexibility index (Phi) is 5.26. The Morgan fingerprint density at radius 1 is 1.13 bits per heavy atom. The van der Waals surface area contributed by atoms with Crippen LogP contribution in [-0.4, -0.2) is 32.3 Å². The summed E-state index contributed by atoms with van der Waals surface area (Å²) in [4.78, 5) is 11.8. The van der Waals surface area contributed by atoms with Gasteiger partial charge in [-0.25, -0.2) is 4.79 Å². The molecule has 2 heterocycles. The predicted molar refractivity (Wildman–Crippen MR) is 89.5 cm³/mol. The van der Waals surface area contributed by atoms with Crippen LogP contribution in [0.1, 0.15) is 42.9 Å². The van der Waals surface area contributed by atoms with E-state index in [4.69, 9.17) is 9.47 Å². The van der Waals surface area contributed by atoms with Gasteiger partial charge in [0.1, 0.15) is 11.5 Å². The molecule has 0 spiro atoms. The van der Waals surface area contributed by atoms with Crippen molar-refractivity contribution >= 4 is 6.03 Å². The lowest BCUT2D eigenvalue weighted by molar-refractivity contribution is 0.240. The van der Waals surface area contributed by atoms with Gasteiger partial charge in [-0.05, 0) is 18.9 Å². The molecule has 2 N–H and O–H groups in total. The van der Waals surface area contributed by atoms with E-state index in [1.54, 1.807) is 0 Å². The fourth-order valence-electron chi connectivity index (χ4n) is 3.29. The van der Waals surface area contributed by atoms with Crippen LogP contribution in [0.15, 0.2) is 6.07 Å². The molecular formula is C18H26N2O3. The van der Waals surface area contributed by atoms with E-state index in [0.29, 0.717) is 6.54 Å². The van der Waals surface area contributed by atoms with E-state index in [9.17, 15) is 4.79 Å². The average molecular weight is 318 g/mol. The van der Waals surface area contributed by atoms with E-state index in [1.165, 1.54) is 16.7 Å². The van der Waals surface area contributed by atoms with Crippen LogP contribution in [0.4, 0.5) is 4.79 Å². The summed E-state index contributed by atoms with van der Waals surface area (Å²) in [7, 11) is 0. The second-order valence-corrected chi connectivity index (χ2v) is 6.16. The zero-order valence-corrected chi connectivity index (χ0v) is 13.9. The summed E-state index contributed by atoms with van der Waals surface area (Å²) in [6.07, 6.45) is 6.02. The lowest BCUT2D eigenvalue weighted by Gasteiger charge is -2.13. The molecule has 0 aromatic heterocycles. The van der Waals surface area contributed by atoms with Crippen molar-refractivity contribution in [2.45, 2.75) is 45.4 Å². The van der Waals surface area contributed by atoms with Crippen LogP contribution in [-0.2, 0) is 19.3 Å². The highest BCUT2D eigenvalue weighted by molar-refractivity contribution is 5.73. The number of urea groups is 1. The Morgan fingerprint density at radius 2 is 1.96 bits per heavy atom. The van der Waals surface area contributed by atoms with Crippen molar-refractivity contribution in [1.29, 1.82) is 0 Å². The molecule has 2 amide bonds. The average Bonchev–Trinajstić information content (AvgIpc) is 3.19. The summed E-state index contributed by atoms with van der Waals surface area (Å²) in [6.45, 7) is 5.01. The fraction of sp³-hybridized carbons (Fsp3) is 0.611. The van der Waals surface area contributed by atoms with Crippen LogP contribution in [0.2, 0.25) is 0 Å². The maximum atomic E-state index is 11.8. The molecule has 0 saturated carbocycles. The lowest BCUT2D eigenvalue weighted by Crippen LogP contribution is -2.37. The Balaban J connectivity index is 1.54. The quantitative estimate of drug-likeness (QED) is 0.760. The monoisotopic (exact) mass is 318 g/mol. The summed E-state index contributed by atoms with van der Waals surface area (Å²) in [5, 5.41) is 5.85. The molecule has 2 aliphatic heterocycles. The van der Waals surface area contributed by atoms with Gasteiger partial charge < -0.3 is 20.1 Å². The highest BCUT2D eigenvalue weighted by atomic mass is 16.5. The number of benzene rings is 1. The molecule has 1 aromatic rings. The van der Waals surface area contributed by atoms with Crippen molar-refractivity contribution < 1.29 is 14.3 Å². The van der Waals surface area contributed by atoms with Gasteiger partial charge in [0.15, 0.2) is 0 Å². The minimum Gasteiger partial charge on any atom is -0.493 e. The number of carbonyl (C=O) groups is 1. The summed E-state index contributed by atoms with van der Waals surface area (Å²) in [5.74, 6) is 2.03. The van der Waals surface area contributed by atoms with Gasteiger partial charge in [0, 0.05) is 42.6 Å². The maximum absolute atomic E-state index is 11.8. The van der Waals surface area contributed by atoms with Crippen molar-refractivity contribution in [2.75, 3.05) is 26.3 Å². The third kappa shape index (κ3) is 3.71. The number of amides is 2. The Bertz CT molecular complexity index is 540. The molecule has 3 rings (SSSR count). The van der Waals surface area contributed by atoms with E-state index in [1.807, 2.05) is 0 Å². The molecule has 0 bridgehead atoms. The molecule has 0 unspecified atom stereocenters. The third-order valence-corrected chi connectivity index (χ3v) is 4.49. The van der Waals surface area contributed by atoms with E-state index >= 15 is 0 Å². The summed E-state index contributed by atoms with van der Waals surface area (Å²) in [5.41, 5.74) is 3.72. The van der Waals surface area contributed by atoms with E-state index in [-0.39, 0.29) is 6.03 Å². The van der Waals surface area contributed by atoms with Crippen LogP contribution in [0.3, 0.4) is 0 Å². The van der Waals surface area contributed by atoms with Crippen molar-refractivity contribution in [3.63, 3.8) is 0 Å². The second-order valence-electron chi connectivity index (χ2n) is 6.16. The van der Waals surface area contributed by atoms with Crippen LogP contribution in [0, 0.1) is 0 Å². The first kappa shape index (κ1) is 16.0. The smallest absolute Gasteiger partial charge is 0.314 e. The molecule has 0 aliphatic carbocycles. The zero-order chi connectivity index (χ0) is 16.1. The van der Waals surface area contributed by atoms with Crippen molar-refractivity contribution in [3.05, 3.63) is 22.8 Å². The molecule has 5 nitrogen and oxygen atoms in total. The number of unbranched alkanes of at least 4 members (excludes halogenated alkanes) is 2.